The number of hydrogen-bond acceptors (Lipinski definition) is 3. The number of aryl methyl sites for hydroxylation is 2. The molecule has 1 amide bonds. The maximum atomic E-state index is 12.1. The molecule has 18 heavy (non-hydrogen) atoms. The predicted molar refractivity (Wildman–Crippen MR) is 70.2 cm³/mol. The van der Waals surface area contributed by atoms with E-state index >= 15 is 0 Å². The first-order valence-corrected chi connectivity index (χ1v) is 5.99. The van der Waals surface area contributed by atoms with Crippen LogP contribution in [0.1, 0.15) is 17.0 Å². The molecule has 0 spiro atoms. The van der Waals surface area contributed by atoms with Gasteiger partial charge in [-0.15, -0.1) is 6.58 Å². The molecule has 0 unspecified atom stereocenters. The Kier molecular flexibility index (Phi) is 5.09. The van der Waals surface area contributed by atoms with E-state index in [-0.39, 0.29) is 12.5 Å². The second kappa shape index (κ2) is 6.35. The van der Waals surface area contributed by atoms with Gasteiger partial charge in [-0.05, 0) is 13.8 Å². The molecule has 5 nitrogen and oxygen atoms in total. The lowest BCUT2D eigenvalue weighted by molar-refractivity contribution is -0.130. The van der Waals surface area contributed by atoms with Gasteiger partial charge in [-0.1, -0.05) is 6.08 Å². The number of hydrogen-bond donors (Lipinski definition) is 1. The number of carbonyl (C=O) groups excluding carboxylic acids is 1. The van der Waals surface area contributed by atoms with E-state index in [9.17, 15) is 4.79 Å². The highest BCUT2D eigenvalue weighted by atomic mass is 16.3. The Bertz CT molecular complexity index is 438. The fourth-order valence-corrected chi connectivity index (χ4v) is 1.93. The summed E-state index contributed by atoms with van der Waals surface area (Å²) >= 11 is 0. The van der Waals surface area contributed by atoms with Crippen LogP contribution >= 0.6 is 0 Å². The molecule has 1 N–H and O–H groups in total. The molecule has 0 saturated carbocycles. The Labute approximate surface area is 108 Å². The molecule has 0 saturated heterocycles. The predicted octanol–water partition coefficient (Wildman–Crippen LogP) is 0.586. The zero-order chi connectivity index (χ0) is 13.7. The summed E-state index contributed by atoms with van der Waals surface area (Å²) in [6, 6.07) is 0. The van der Waals surface area contributed by atoms with Crippen LogP contribution < -0.4 is 0 Å². The van der Waals surface area contributed by atoms with Gasteiger partial charge in [0.25, 0.3) is 0 Å². The van der Waals surface area contributed by atoms with Crippen molar-refractivity contribution in [1.29, 1.82) is 0 Å². The third kappa shape index (κ3) is 3.20. The largest absolute Gasteiger partial charge is 0.395 e. The van der Waals surface area contributed by atoms with Crippen molar-refractivity contribution in [3.8, 4) is 0 Å². The van der Waals surface area contributed by atoms with Crippen LogP contribution in [-0.2, 0) is 18.3 Å². The van der Waals surface area contributed by atoms with Gasteiger partial charge in [0, 0.05) is 31.4 Å². The lowest BCUT2D eigenvalue weighted by Gasteiger charge is -2.20. The van der Waals surface area contributed by atoms with Crippen molar-refractivity contribution < 1.29 is 9.90 Å². The van der Waals surface area contributed by atoms with Gasteiger partial charge >= 0.3 is 0 Å². The highest BCUT2D eigenvalue weighted by Gasteiger charge is 2.17. The van der Waals surface area contributed by atoms with Crippen molar-refractivity contribution in [1.82, 2.24) is 14.7 Å². The summed E-state index contributed by atoms with van der Waals surface area (Å²) in [4.78, 5) is 13.7. The molecule has 0 aliphatic heterocycles. The summed E-state index contributed by atoms with van der Waals surface area (Å²) in [5, 5.41) is 13.2. The Morgan fingerprint density at radius 2 is 2.22 bits per heavy atom. The number of carbonyl (C=O) groups is 1. The summed E-state index contributed by atoms with van der Waals surface area (Å²) in [6.45, 7) is 8.23. The second-order valence-corrected chi connectivity index (χ2v) is 4.30. The molecule has 0 atom stereocenters. The molecule has 1 heterocycles. The van der Waals surface area contributed by atoms with E-state index in [1.54, 1.807) is 15.7 Å². The van der Waals surface area contributed by atoms with E-state index in [1.165, 1.54) is 0 Å². The van der Waals surface area contributed by atoms with E-state index < -0.39 is 0 Å². The molecule has 0 aliphatic rings. The van der Waals surface area contributed by atoms with Crippen molar-refractivity contribution >= 4 is 5.91 Å². The number of aromatic nitrogens is 2. The van der Waals surface area contributed by atoms with Crippen LogP contribution in [0.2, 0.25) is 0 Å². The molecule has 100 valence electrons. The lowest BCUT2D eigenvalue weighted by Crippen LogP contribution is -2.35. The molecule has 0 radical (unpaired) electrons. The van der Waals surface area contributed by atoms with Gasteiger partial charge in [0.05, 0.1) is 18.7 Å². The molecule has 0 aromatic carbocycles. The number of rotatable bonds is 6. The summed E-state index contributed by atoms with van der Waals surface area (Å²) in [5.41, 5.74) is 2.85. The van der Waals surface area contributed by atoms with Gasteiger partial charge in [-0.3, -0.25) is 9.48 Å². The first-order valence-electron chi connectivity index (χ1n) is 5.99. The van der Waals surface area contributed by atoms with Crippen LogP contribution in [-0.4, -0.2) is 45.4 Å². The Morgan fingerprint density at radius 3 is 2.67 bits per heavy atom. The summed E-state index contributed by atoms with van der Waals surface area (Å²) in [5.74, 6) is -0.0110. The standard InChI is InChI=1S/C13H21N3O2/c1-5-6-16(7-8-17)13(18)9-12-10(2)14-15(4)11(12)3/h5,17H,1,6-9H2,2-4H3. The minimum absolute atomic E-state index is 0.0110. The minimum Gasteiger partial charge on any atom is -0.395 e. The Hall–Kier alpha value is -1.62. The number of aliphatic hydroxyl groups excluding tert-OH is 1. The van der Waals surface area contributed by atoms with E-state index in [4.69, 9.17) is 5.11 Å². The molecule has 1 aromatic rings. The molecule has 0 aliphatic carbocycles. The molecule has 1 rings (SSSR count). The van der Waals surface area contributed by atoms with E-state index in [0.717, 1.165) is 17.0 Å². The maximum Gasteiger partial charge on any atom is 0.227 e. The number of amides is 1. The lowest BCUT2D eigenvalue weighted by atomic mass is 10.1. The fourth-order valence-electron chi connectivity index (χ4n) is 1.93. The summed E-state index contributed by atoms with van der Waals surface area (Å²) < 4.78 is 1.78. The molecule has 1 aromatic heterocycles. The third-order valence-corrected chi connectivity index (χ3v) is 3.06. The average molecular weight is 251 g/mol. The molecule has 0 bridgehead atoms. The van der Waals surface area contributed by atoms with Gasteiger partial charge in [-0.2, -0.15) is 5.10 Å². The van der Waals surface area contributed by atoms with Crippen LogP contribution in [0, 0.1) is 13.8 Å². The van der Waals surface area contributed by atoms with Gasteiger partial charge in [0.15, 0.2) is 0 Å². The van der Waals surface area contributed by atoms with Crippen LogP contribution in [0.5, 0.6) is 0 Å². The summed E-state index contributed by atoms with van der Waals surface area (Å²) in [7, 11) is 1.87. The monoisotopic (exact) mass is 251 g/mol. The topological polar surface area (TPSA) is 58.4 Å². The number of aliphatic hydroxyl groups is 1. The van der Waals surface area contributed by atoms with Crippen LogP contribution in [0.15, 0.2) is 12.7 Å². The fraction of sp³-hybridized carbons (Fsp3) is 0.538. The normalized spacial score (nSPS) is 10.4. The second-order valence-electron chi connectivity index (χ2n) is 4.30. The van der Waals surface area contributed by atoms with Crippen molar-refractivity contribution in [3.05, 3.63) is 29.6 Å². The Morgan fingerprint density at radius 1 is 1.56 bits per heavy atom. The van der Waals surface area contributed by atoms with Crippen LogP contribution in [0.4, 0.5) is 0 Å². The Balaban J connectivity index is 2.81. The highest BCUT2D eigenvalue weighted by Crippen LogP contribution is 2.13. The minimum atomic E-state index is -0.0371. The molecular weight excluding hydrogens is 230 g/mol. The van der Waals surface area contributed by atoms with Crippen molar-refractivity contribution in [2.24, 2.45) is 7.05 Å². The highest BCUT2D eigenvalue weighted by molar-refractivity contribution is 5.79. The molecular formula is C13H21N3O2. The zero-order valence-corrected chi connectivity index (χ0v) is 11.3. The quantitative estimate of drug-likeness (QED) is 0.753. The first kappa shape index (κ1) is 14.4. The summed E-state index contributed by atoms with van der Waals surface area (Å²) in [6.07, 6.45) is 1.98. The van der Waals surface area contributed by atoms with Gasteiger partial charge in [-0.25, -0.2) is 0 Å². The maximum absolute atomic E-state index is 12.1. The van der Waals surface area contributed by atoms with Crippen LogP contribution in [0.3, 0.4) is 0 Å². The van der Waals surface area contributed by atoms with E-state index in [2.05, 4.69) is 11.7 Å². The van der Waals surface area contributed by atoms with Crippen molar-refractivity contribution in [2.75, 3.05) is 19.7 Å². The van der Waals surface area contributed by atoms with Crippen LogP contribution in [0.25, 0.3) is 0 Å². The van der Waals surface area contributed by atoms with E-state index in [0.29, 0.717) is 19.5 Å². The van der Waals surface area contributed by atoms with E-state index in [1.807, 2.05) is 20.9 Å². The van der Waals surface area contributed by atoms with Crippen molar-refractivity contribution in [2.45, 2.75) is 20.3 Å². The SMILES string of the molecule is C=CCN(CCO)C(=O)Cc1c(C)nn(C)c1C. The van der Waals surface area contributed by atoms with Crippen molar-refractivity contribution in [3.63, 3.8) is 0 Å². The first-order chi connectivity index (χ1) is 8.51. The molecule has 0 fully saturated rings. The number of nitrogens with zero attached hydrogens (tertiary/aromatic N) is 3. The third-order valence-electron chi connectivity index (χ3n) is 3.06. The molecule has 5 heteroatoms. The van der Waals surface area contributed by atoms with Gasteiger partial charge in [0.2, 0.25) is 5.91 Å². The smallest absolute Gasteiger partial charge is 0.227 e. The van der Waals surface area contributed by atoms with Gasteiger partial charge in [0.1, 0.15) is 0 Å². The zero-order valence-electron chi connectivity index (χ0n) is 11.3. The van der Waals surface area contributed by atoms with Gasteiger partial charge < -0.3 is 10.0 Å². The average Bonchev–Trinajstić information content (AvgIpc) is 2.55.